The van der Waals surface area contributed by atoms with Gasteiger partial charge in [0, 0.05) is 12.0 Å². The molecule has 6 nitrogen and oxygen atoms in total. The molecule has 17 heavy (non-hydrogen) atoms. The topological polar surface area (TPSA) is 77.5 Å². The minimum absolute atomic E-state index is 0.0818. The molecule has 6 heteroatoms. The molecule has 0 bridgehead atoms. The van der Waals surface area contributed by atoms with Gasteiger partial charge in [-0.25, -0.2) is 4.79 Å². The highest BCUT2D eigenvalue weighted by Crippen LogP contribution is 2.17. The second-order valence-electron chi connectivity index (χ2n) is 4.92. The summed E-state index contributed by atoms with van der Waals surface area (Å²) < 4.78 is 11.2. The van der Waals surface area contributed by atoms with Crippen molar-refractivity contribution in [1.29, 1.82) is 0 Å². The van der Waals surface area contributed by atoms with E-state index in [4.69, 9.17) is 9.15 Å². The van der Waals surface area contributed by atoms with Crippen molar-refractivity contribution >= 4 is 0 Å². The van der Waals surface area contributed by atoms with Gasteiger partial charge in [0.05, 0.1) is 19.3 Å². The molecule has 98 valence electrons. The SMILES string of the molecule is CCOC[C@H](O)Cn1nc(C(C)(C)C)oc1=O. The van der Waals surface area contributed by atoms with E-state index < -0.39 is 11.9 Å². The van der Waals surface area contributed by atoms with Gasteiger partial charge in [-0.15, -0.1) is 5.10 Å². The molecule has 1 heterocycles. The van der Waals surface area contributed by atoms with Gasteiger partial charge in [-0.1, -0.05) is 20.8 Å². The number of hydrogen-bond donors (Lipinski definition) is 1. The van der Waals surface area contributed by atoms with Crippen molar-refractivity contribution < 1.29 is 14.3 Å². The molecule has 1 atom stereocenters. The second-order valence-corrected chi connectivity index (χ2v) is 4.92. The average Bonchev–Trinajstić information content (AvgIpc) is 2.57. The monoisotopic (exact) mass is 244 g/mol. The minimum atomic E-state index is -0.759. The highest BCUT2D eigenvalue weighted by Gasteiger charge is 2.23. The Morgan fingerprint density at radius 1 is 1.53 bits per heavy atom. The zero-order chi connectivity index (χ0) is 13.1. The average molecular weight is 244 g/mol. The smallest absolute Gasteiger partial charge is 0.392 e. The van der Waals surface area contributed by atoms with Crippen LogP contribution in [-0.4, -0.2) is 34.2 Å². The molecule has 1 aromatic heterocycles. The van der Waals surface area contributed by atoms with Crippen LogP contribution < -0.4 is 5.76 Å². The van der Waals surface area contributed by atoms with Crippen molar-refractivity contribution in [1.82, 2.24) is 9.78 Å². The molecule has 0 fully saturated rings. The number of rotatable bonds is 5. The third kappa shape index (κ3) is 3.98. The van der Waals surface area contributed by atoms with Crippen LogP contribution in [0.1, 0.15) is 33.6 Å². The van der Waals surface area contributed by atoms with E-state index in [1.54, 1.807) is 0 Å². The minimum Gasteiger partial charge on any atom is -0.392 e. The molecule has 1 rings (SSSR count). The van der Waals surface area contributed by atoms with E-state index in [1.807, 2.05) is 27.7 Å². The summed E-state index contributed by atoms with van der Waals surface area (Å²) in [6.07, 6.45) is -0.759. The molecule has 0 saturated carbocycles. The first-order valence-electron chi connectivity index (χ1n) is 5.68. The summed E-state index contributed by atoms with van der Waals surface area (Å²) in [5.74, 6) is -0.184. The predicted octanol–water partition coefficient (Wildman–Crippen LogP) is 0.531. The van der Waals surface area contributed by atoms with Crippen LogP contribution in [0.5, 0.6) is 0 Å². The molecule has 0 radical (unpaired) electrons. The van der Waals surface area contributed by atoms with Crippen LogP contribution >= 0.6 is 0 Å². The Hall–Kier alpha value is -1.14. The van der Waals surface area contributed by atoms with E-state index in [1.165, 1.54) is 0 Å². The Kier molecular flexibility index (Phi) is 4.47. The van der Waals surface area contributed by atoms with Gasteiger partial charge < -0.3 is 14.3 Å². The van der Waals surface area contributed by atoms with E-state index in [0.29, 0.717) is 12.5 Å². The first-order chi connectivity index (χ1) is 7.84. The van der Waals surface area contributed by atoms with Crippen molar-refractivity contribution in [2.24, 2.45) is 0 Å². The van der Waals surface area contributed by atoms with Gasteiger partial charge in [-0.2, -0.15) is 4.68 Å². The van der Waals surface area contributed by atoms with Gasteiger partial charge in [-0.3, -0.25) is 0 Å². The van der Waals surface area contributed by atoms with Gasteiger partial charge in [0.1, 0.15) is 0 Å². The molecular formula is C11H20N2O4. The summed E-state index contributed by atoms with van der Waals surface area (Å²) in [6.45, 7) is 8.33. The van der Waals surface area contributed by atoms with Crippen LogP contribution in [0.15, 0.2) is 9.21 Å². The molecule has 0 amide bonds. The first-order valence-corrected chi connectivity index (χ1v) is 5.68. The molecule has 0 unspecified atom stereocenters. The van der Waals surface area contributed by atoms with Crippen molar-refractivity contribution in [3.63, 3.8) is 0 Å². The van der Waals surface area contributed by atoms with Crippen LogP contribution in [-0.2, 0) is 16.7 Å². The Bertz CT molecular complexity index is 402. The predicted molar refractivity (Wildman–Crippen MR) is 62.0 cm³/mol. The summed E-state index contributed by atoms with van der Waals surface area (Å²) in [7, 11) is 0. The summed E-state index contributed by atoms with van der Waals surface area (Å²) in [5.41, 5.74) is -0.324. The summed E-state index contributed by atoms with van der Waals surface area (Å²) >= 11 is 0. The number of aliphatic hydroxyl groups excluding tert-OH is 1. The highest BCUT2D eigenvalue weighted by atomic mass is 16.5. The Labute approximate surface area is 100 Å². The molecule has 0 saturated heterocycles. The molecule has 1 N–H and O–H groups in total. The molecule has 0 aliphatic rings. The highest BCUT2D eigenvalue weighted by molar-refractivity contribution is 4.94. The molecular weight excluding hydrogens is 224 g/mol. The number of nitrogens with zero attached hydrogens (tertiary/aromatic N) is 2. The fourth-order valence-corrected chi connectivity index (χ4v) is 1.23. The van der Waals surface area contributed by atoms with Crippen molar-refractivity contribution in [3.8, 4) is 0 Å². The lowest BCUT2D eigenvalue weighted by Crippen LogP contribution is -2.28. The fraction of sp³-hybridized carbons (Fsp3) is 0.818. The van der Waals surface area contributed by atoms with E-state index in [0.717, 1.165) is 4.68 Å². The lowest BCUT2D eigenvalue weighted by atomic mass is 9.97. The van der Waals surface area contributed by atoms with Gasteiger partial charge in [0.2, 0.25) is 5.89 Å². The summed E-state index contributed by atoms with van der Waals surface area (Å²) in [6, 6.07) is 0. The van der Waals surface area contributed by atoms with Crippen LogP contribution in [0.4, 0.5) is 0 Å². The quantitative estimate of drug-likeness (QED) is 0.817. The number of ether oxygens (including phenoxy) is 1. The summed E-state index contributed by atoms with van der Waals surface area (Å²) in [5, 5.41) is 13.7. The molecule has 1 aromatic rings. The third-order valence-corrected chi connectivity index (χ3v) is 2.15. The van der Waals surface area contributed by atoms with E-state index in [2.05, 4.69) is 5.10 Å². The standard InChI is InChI=1S/C11H20N2O4/c1-5-16-7-8(14)6-13-10(15)17-9(12-13)11(2,3)4/h8,14H,5-7H2,1-4H3/t8-/m1/s1. The number of aliphatic hydroxyl groups is 1. The van der Waals surface area contributed by atoms with Gasteiger partial charge in [-0.05, 0) is 6.92 Å². The molecule has 0 aliphatic carbocycles. The number of hydrogen-bond acceptors (Lipinski definition) is 5. The van der Waals surface area contributed by atoms with E-state index in [9.17, 15) is 9.90 Å². The van der Waals surface area contributed by atoms with Crippen LogP contribution in [0.2, 0.25) is 0 Å². The van der Waals surface area contributed by atoms with Crippen molar-refractivity contribution in [2.75, 3.05) is 13.2 Å². The molecule has 0 spiro atoms. The first kappa shape index (κ1) is 13.9. The maximum atomic E-state index is 11.5. The third-order valence-electron chi connectivity index (χ3n) is 2.15. The maximum absolute atomic E-state index is 11.5. The number of aromatic nitrogens is 2. The Balaban J connectivity index is 2.72. The van der Waals surface area contributed by atoms with Crippen LogP contribution in [0, 0.1) is 0 Å². The Morgan fingerprint density at radius 3 is 2.65 bits per heavy atom. The lowest BCUT2D eigenvalue weighted by Gasteiger charge is -2.11. The maximum Gasteiger partial charge on any atom is 0.437 e. The van der Waals surface area contributed by atoms with Crippen LogP contribution in [0.3, 0.4) is 0 Å². The largest absolute Gasteiger partial charge is 0.437 e. The van der Waals surface area contributed by atoms with Gasteiger partial charge in [0.25, 0.3) is 0 Å². The van der Waals surface area contributed by atoms with Gasteiger partial charge >= 0.3 is 5.76 Å². The molecule has 0 aromatic carbocycles. The summed E-state index contributed by atoms with van der Waals surface area (Å²) in [4.78, 5) is 11.5. The van der Waals surface area contributed by atoms with E-state index >= 15 is 0 Å². The fourth-order valence-electron chi connectivity index (χ4n) is 1.23. The lowest BCUT2D eigenvalue weighted by molar-refractivity contribution is 0.0306. The zero-order valence-electron chi connectivity index (χ0n) is 10.8. The Morgan fingerprint density at radius 2 is 2.18 bits per heavy atom. The second kappa shape index (κ2) is 5.46. The normalized spacial score (nSPS) is 13.9. The van der Waals surface area contributed by atoms with Crippen molar-refractivity contribution in [3.05, 3.63) is 16.4 Å². The molecule has 0 aliphatic heterocycles. The zero-order valence-corrected chi connectivity index (χ0v) is 10.8. The van der Waals surface area contributed by atoms with E-state index in [-0.39, 0.29) is 18.6 Å². The van der Waals surface area contributed by atoms with Gasteiger partial charge in [0.15, 0.2) is 0 Å². The van der Waals surface area contributed by atoms with Crippen LogP contribution in [0.25, 0.3) is 0 Å². The van der Waals surface area contributed by atoms with Crippen molar-refractivity contribution in [2.45, 2.75) is 45.8 Å².